The van der Waals surface area contributed by atoms with Crippen molar-refractivity contribution in [2.45, 2.75) is 26.2 Å². The quantitative estimate of drug-likeness (QED) is 0.881. The van der Waals surface area contributed by atoms with E-state index in [1.807, 2.05) is 24.3 Å². The Labute approximate surface area is 125 Å². The predicted molar refractivity (Wildman–Crippen MR) is 83.5 cm³/mol. The van der Waals surface area contributed by atoms with E-state index in [0.29, 0.717) is 11.6 Å². The van der Waals surface area contributed by atoms with Crippen LogP contribution < -0.4 is 10.1 Å². The Morgan fingerprint density at radius 1 is 1.29 bits per heavy atom. The first-order valence-corrected chi connectivity index (χ1v) is 7.12. The van der Waals surface area contributed by atoms with Crippen LogP contribution in [0, 0.1) is 0 Å². The van der Waals surface area contributed by atoms with Crippen LogP contribution in [0.25, 0.3) is 0 Å². The number of anilines is 1. The van der Waals surface area contributed by atoms with E-state index in [2.05, 4.69) is 24.1 Å². The summed E-state index contributed by atoms with van der Waals surface area (Å²) in [7, 11) is 0. The molecule has 4 nitrogen and oxygen atoms in total. The van der Waals surface area contributed by atoms with E-state index >= 15 is 0 Å². The highest BCUT2D eigenvalue weighted by Gasteiger charge is 2.11. The number of para-hydroxylation sites is 1. The summed E-state index contributed by atoms with van der Waals surface area (Å²) in [5.41, 5.74) is 1.80. The molecule has 2 rings (SSSR count). The number of nitrogens with zero attached hydrogens (tertiary/aromatic N) is 1. The highest BCUT2D eigenvalue weighted by Crippen LogP contribution is 2.28. The molecule has 0 radical (unpaired) electrons. The number of rotatable bonds is 6. The molecule has 1 heterocycles. The van der Waals surface area contributed by atoms with Crippen molar-refractivity contribution in [3.8, 4) is 5.75 Å². The minimum Gasteiger partial charge on any atom is -0.483 e. The lowest BCUT2D eigenvalue weighted by atomic mass is 9.98. The Bertz CT molecular complexity index is 584. The van der Waals surface area contributed by atoms with Crippen LogP contribution in [0.15, 0.2) is 48.8 Å². The summed E-state index contributed by atoms with van der Waals surface area (Å²) >= 11 is 0. The number of hydrogen-bond donors (Lipinski definition) is 1. The van der Waals surface area contributed by atoms with Gasteiger partial charge in [0.15, 0.2) is 6.61 Å². The molecule has 4 heteroatoms. The van der Waals surface area contributed by atoms with Gasteiger partial charge in [0.2, 0.25) is 0 Å². The molecule has 0 aliphatic heterocycles. The zero-order valence-corrected chi connectivity index (χ0v) is 12.4. The van der Waals surface area contributed by atoms with Gasteiger partial charge in [-0.1, -0.05) is 32.0 Å². The minimum absolute atomic E-state index is 0.0116. The average molecular weight is 284 g/mol. The molecule has 0 aliphatic carbocycles. The maximum atomic E-state index is 11.9. The number of hydrogen-bond acceptors (Lipinski definition) is 3. The Hall–Kier alpha value is -2.36. The van der Waals surface area contributed by atoms with Crippen LogP contribution in [-0.4, -0.2) is 17.5 Å². The normalized spacial score (nSPS) is 11.7. The molecule has 0 spiro atoms. The van der Waals surface area contributed by atoms with Crippen molar-refractivity contribution in [1.82, 2.24) is 4.98 Å². The summed E-state index contributed by atoms with van der Waals surface area (Å²) < 4.78 is 5.66. The van der Waals surface area contributed by atoms with Gasteiger partial charge < -0.3 is 10.1 Å². The molecule has 1 aromatic carbocycles. The number of aromatic nitrogens is 1. The summed E-state index contributed by atoms with van der Waals surface area (Å²) in [6.07, 6.45) is 4.29. The molecule has 0 aliphatic rings. The Morgan fingerprint density at radius 2 is 2.10 bits per heavy atom. The SMILES string of the molecule is CCC(C)c1ccccc1OCC(=O)Nc1cccnc1. The number of carbonyl (C=O) groups excluding carboxylic acids is 1. The lowest BCUT2D eigenvalue weighted by Gasteiger charge is -2.15. The number of amides is 1. The molecule has 1 unspecified atom stereocenters. The van der Waals surface area contributed by atoms with Crippen LogP contribution >= 0.6 is 0 Å². The van der Waals surface area contributed by atoms with E-state index < -0.39 is 0 Å². The van der Waals surface area contributed by atoms with Gasteiger partial charge in [0.25, 0.3) is 5.91 Å². The molecule has 0 saturated heterocycles. The molecule has 0 bridgehead atoms. The first-order valence-electron chi connectivity index (χ1n) is 7.12. The zero-order valence-electron chi connectivity index (χ0n) is 12.4. The van der Waals surface area contributed by atoms with Crippen molar-refractivity contribution in [2.24, 2.45) is 0 Å². The average Bonchev–Trinajstić information content (AvgIpc) is 2.53. The molecule has 0 saturated carbocycles. The van der Waals surface area contributed by atoms with E-state index in [-0.39, 0.29) is 12.5 Å². The van der Waals surface area contributed by atoms with Crippen LogP contribution in [-0.2, 0) is 4.79 Å². The smallest absolute Gasteiger partial charge is 0.262 e. The fourth-order valence-electron chi connectivity index (χ4n) is 2.02. The monoisotopic (exact) mass is 284 g/mol. The number of nitrogens with one attached hydrogen (secondary N) is 1. The van der Waals surface area contributed by atoms with Crippen molar-refractivity contribution < 1.29 is 9.53 Å². The van der Waals surface area contributed by atoms with Gasteiger partial charge in [-0.3, -0.25) is 9.78 Å². The van der Waals surface area contributed by atoms with Crippen molar-refractivity contribution in [3.63, 3.8) is 0 Å². The molecular weight excluding hydrogens is 264 g/mol. The number of carbonyl (C=O) groups is 1. The number of pyridine rings is 1. The van der Waals surface area contributed by atoms with Crippen LogP contribution in [0.5, 0.6) is 5.75 Å². The molecular formula is C17H20N2O2. The molecule has 1 aromatic heterocycles. The van der Waals surface area contributed by atoms with Gasteiger partial charge in [-0.15, -0.1) is 0 Å². The van der Waals surface area contributed by atoms with Crippen molar-refractivity contribution in [3.05, 3.63) is 54.4 Å². The highest BCUT2D eigenvalue weighted by atomic mass is 16.5. The largest absolute Gasteiger partial charge is 0.483 e. The Balaban J connectivity index is 1.95. The molecule has 2 aromatic rings. The fraction of sp³-hybridized carbons (Fsp3) is 0.294. The van der Waals surface area contributed by atoms with Crippen LogP contribution in [0.2, 0.25) is 0 Å². The van der Waals surface area contributed by atoms with E-state index in [1.54, 1.807) is 24.5 Å². The lowest BCUT2D eigenvalue weighted by molar-refractivity contribution is -0.118. The minimum atomic E-state index is -0.193. The second kappa shape index (κ2) is 7.43. The van der Waals surface area contributed by atoms with Crippen LogP contribution in [0.4, 0.5) is 5.69 Å². The molecule has 110 valence electrons. The number of benzene rings is 1. The summed E-state index contributed by atoms with van der Waals surface area (Å²) in [4.78, 5) is 15.8. The van der Waals surface area contributed by atoms with Gasteiger partial charge in [0, 0.05) is 6.20 Å². The maximum Gasteiger partial charge on any atom is 0.262 e. The third-order valence-electron chi connectivity index (χ3n) is 3.37. The summed E-state index contributed by atoms with van der Waals surface area (Å²) in [6.45, 7) is 4.27. The van der Waals surface area contributed by atoms with Crippen molar-refractivity contribution in [1.29, 1.82) is 0 Å². The van der Waals surface area contributed by atoms with Crippen molar-refractivity contribution in [2.75, 3.05) is 11.9 Å². The van der Waals surface area contributed by atoms with E-state index in [9.17, 15) is 4.79 Å². The Morgan fingerprint density at radius 3 is 2.81 bits per heavy atom. The third kappa shape index (κ3) is 4.31. The molecule has 1 atom stereocenters. The second-order valence-electron chi connectivity index (χ2n) is 4.93. The highest BCUT2D eigenvalue weighted by molar-refractivity contribution is 5.91. The predicted octanol–water partition coefficient (Wildman–Crippen LogP) is 3.61. The van der Waals surface area contributed by atoms with Gasteiger partial charge in [-0.2, -0.15) is 0 Å². The van der Waals surface area contributed by atoms with Gasteiger partial charge in [-0.25, -0.2) is 0 Å². The summed E-state index contributed by atoms with van der Waals surface area (Å²) in [5, 5.41) is 2.75. The van der Waals surface area contributed by atoms with Gasteiger partial charge >= 0.3 is 0 Å². The maximum absolute atomic E-state index is 11.9. The fourth-order valence-corrected chi connectivity index (χ4v) is 2.02. The van der Waals surface area contributed by atoms with Gasteiger partial charge in [0.1, 0.15) is 5.75 Å². The van der Waals surface area contributed by atoms with Crippen molar-refractivity contribution >= 4 is 11.6 Å². The van der Waals surface area contributed by atoms with Gasteiger partial charge in [-0.05, 0) is 36.1 Å². The van der Waals surface area contributed by atoms with Crippen LogP contribution in [0.1, 0.15) is 31.7 Å². The summed E-state index contributed by atoms with van der Waals surface area (Å²) in [5.74, 6) is 0.984. The molecule has 0 fully saturated rings. The molecule has 1 amide bonds. The molecule has 21 heavy (non-hydrogen) atoms. The van der Waals surface area contributed by atoms with E-state index in [0.717, 1.165) is 17.7 Å². The number of ether oxygens (including phenoxy) is 1. The standard InChI is InChI=1S/C17H20N2O2/c1-3-13(2)15-8-4-5-9-16(15)21-12-17(20)19-14-7-6-10-18-11-14/h4-11,13H,3,12H2,1-2H3,(H,19,20). The topological polar surface area (TPSA) is 51.2 Å². The van der Waals surface area contributed by atoms with E-state index in [1.165, 1.54) is 0 Å². The van der Waals surface area contributed by atoms with E-state index in [4.69, 9.17) is 4.74 Å². The summed E-state index contributed by atoms with van der Waals surface area (Å²) in [6, 6.07) is 11.4. The van der Waals surface area contributed by atoms with Gasteiger partial charge in [0.05, 0.1) is 11.9 Å². The third-order valence-corrected chi connectivity index (χ3v) is 3.37. The first-order chi connectivity index (χ1) is 10.2. The lowest BCUT2D eigenvalue weighted by Crippen LogP contribution is -2.20. The van der Waals surface area contributed by atoms with Crippen LogP contribution in [0.3, 0.4) is 0 Å². The first kappa shape index (κ1) is 15.0. The Kier molecular flexibility index (Phi) is 5.32. The zero-order chi connectivity index (χ0) is 15.1. The second-order valence-corrected chi connectivity index (χ2v) is 4.93. The molecule has 1 N–H and O–H groups in total.